The van der Waals surface area contributed by atoms with Crippen LogP contribution in [-0.4, -0.2) is 27.8 Å². The Hall–Kier alpha value is -3.12. The van der Waals surface area contributed by atoms with Crippen molar-refractivity contribution in [2.45, 2.75) is 11.9 Å². The minimum Gasteiger partial charge on any atom is -0.508 e. The van der Waals surface area contributed by atoms with Gasteiger partial charge in [0.05, 0.1) is 5.56 Å². The van der Waals surface area contributed by atoms with Crippen molar-refractivity contribution in [1.82, 2.24) is 0 Å². The van der Waals surface area contributed by atoms with Gasteiger partial charge in [0.25, 0.3) is 0 Å². The number of ether oxygens (including phenoxy) is 2. The first-order chi connectivity index (χ1) is 11.5. The van der Waals surface area contributed by atoms with Crippen LogP contribution in [0.3, 0.4) is 0 Å². The lowest BCUT2D eigenvalue weighted by atomic mass is 9.90. The van der Waals surface area contributed by atoms with Crippen LogP contribution in [0.15, 0.2) is 61.2 Å². The number of aromatic hydroxyl groups is 1. The van der Waals surface area contributed by atoms with Crippen molar-refractivity contribution in [3.63, 3.8) is 0 Å². The molecule has 0 fully saturated rings. The van der Waals surface area contributed by atoms with E-state index in [1.807, 2.05) is 0 Å². The van der Waals surface area contributed by atoms with Gasteiger partial charge in [-0.15, -0.1) is 0 Å². The number of aliphatic hydroxyl groups is 1. The van der Waals surface area contributed by atoms with Gasteiger partial charge in [-0.3, -0.25) is 4.79 Å². The quantitative estimate of drug-likeness (QED) is 0.510. The van der Waals surface area contributed by atoms with Crippen LogP contribution in [0.1, 0.15) is 22.0 Å². The summed E-state index contributed by atoms with van der Waals surface area (Å²) in [5, 5.41) is 20.4. The highest BCUT2D eigenvalue weighted by atomic mass is 16.7. The predicted octanol–water partition coefficient (Wildman–Crippen LogP) is 2.13. The van der Waals surface area contributed by atoms with E-state index in [1.165, 1.54) is 12.1 Å². The van der Waals surface area contributed by atoms with Crippen LogP contribution in [0.25, 0.3) is 0 Å². The van der Waals surface area contributed by atoms with Gasteiger partial charge < -0.3 is 19.7 Å². The van der Waals surface area contributed by atoms with Gasteiger partial charge in [0.1, 0.15) is 11.5 Å². The highest BCUT2D eigenvalue weighted by Gasteiger charge is 2.54. The van der Waals surface area contributed by atoms with Gasteiger partial charge in [0, 0.05) is 6.08 Å². The number of fused-ring (bicyclic) bond motifs is 1. The Labute approximate surface area is 137 Å². The van der Waals surface area contributed by atoms with Crippen LogP contribution in [0.2, 0.25) is 0 Å². The van der Waals surface area contributed by atoms with Crippen molar-refractivity contribution in [2.75, 3.05) is 0 Å². The average Bonchev–Trinajstić information content (AvgIpc) is 2.59. The molecule has 0 aromatic heterocycles. The second kappa shape index (κ2) is 5.82. The molecule has 6 heteroatoms. The van der Waals surface area contributed by atoms with Crippen LogP contribution in [-0.2, 0) is 9.53 Å². The minimum absolute atomic E-state index is 0.0819. The summed E-state index contributed by atoms with van der Waals surface area (Å²) in [7, 11) is 0. The number of hydrogen-bond acceptors (Lipinski definition) is 6. The largest absolute Gasteiger partial charge is 0.508 e. The summed E-state index contributed by atoms with van der Waals surface area (Å²) in [5.41, 5.74) is 0.366. The van der Waals surface area contributed by atoms with E-state index in [0.717, 1.165) is 12.1 Å². The highest BCUT2D eigenvalue weighted by molar-refractivity contribution is 6.06. The number of rotatable bonds is 3. The molecule has 122 valence electrons. The maximum absolute atomic E-state index is 12.8. The number of Topliss-reactive ketones (excluding diaryl/α,β-unsaturated/α-hetero) is 1. The molecule has 0 spiro atoms. The molecule has 6 nitrogen and oxygen atoms in total. The third-order valence-electron chi connectivity index (χ3n) is 3.66. The number of phenols is 1. The fourth-order valence-corrected chi connectivity index (χ4v) is 2.53. The molecule has 0 saturated carbocycles. The normalized spacial score (nSPS) is 22.2. The summed E-state index contributed by atoms with van der Waals surface area (Å²) in [6, 6.07) is 12.3. The lowest BCUT2D eigenvalue weighted by Crippen LogP contribution is -2.52. The van der Waals surface area contributed by atoms with Crippen molar-refractivity contribution >= 4 is 11.8 Å². The van der Waals surface area contributed by atoms with E-state index in [4.69, 9.17) is 9.47 Å². The SMILES string of the molecule is C=CC(=O)OC1(O)C(=O)c2cc(O)ccc2OC1c1ccccc1. The van der Waals surface area contributed by atoms with Gasteiger partial charge >= 0.3 is 11.8 Å². The second-order valence-electron chi connectivity index (χ2n) is 5.24. The molecule has 0 radical (unpaired) electrons. The number of carbonyl (C=O) groups is 2. The molecule has 1 heterocycles. The van der Waals surface area contributed by atoms with E-state index in [9.17, 15) is 19.8 Å². The second-order valence-corrected chi connectivity index (χ2v) is 5.24. The maximum Gasteiger partial charge on any atom is 0.333 e. The summed E-state index contributed by atoms with van der Waals surface area (Å²) < 4.78 is 10.7. The third kappa shape index (κ3) is 2.53. The average molecular weight is 326 g/mol. The van der Waals surface area contributed by atoms with Gasteiger partial charge in [0.2, 0.25) is 5.78 Å². The highest BCUT2D eigenvalue weighted by Crippen LogP contribution is 2.43. The first-order valence-electron chi connectivity index (χ1n) is 7.13. The molecule has 0 amide bonds. The van der Waals surface area contributed by atoms with Crippen LogP contribution in [0.5, 0.6) is 11.5 Å². The van der Waals surface area contributed by atoms with E-state index in [1.54, 1.807) is 30.3 Å². The lowest BCUT2D eigenvalue weighted by Gasteiger charge is -2.38. The van der Waals surface area contributed by atoms with E-state index in [0.29, 0.717) is 5.56 Å². The Balaban J connectivity index is 2.15. The van der Waals surface area contributed by atoms with E-state index < -0.39 is 23.6 Å². The fourth-order valence-electron chi connectivity index (χ4n) is 2.53. The van der Waals surface area contributed by atoms with Crippen molar-refractivity contribution in [2.24, 2.45) is 0 Å². The molecule has 0 aliphatic carbocycles. The molecule has 2 atom stereocenters. The first kappa shape index (κ1) is 15.8. The predicted molar refractivity (Wildman–Crippen MR) is 83.5 cm³/mol. The first-order valence-corrected chi connectivity index (χ1v) is 7.13. The molecule has 2 aromatic carbocycles. The van der Waals surface area contributed by atoms with Crippen molar-refractivity contribution in [3.8, 4) is 11.5 Å². The van der Waals surface area contributed by atoms with Gasteiger partial charge in [0.15, 0.2) is 6.10 Å². The molecule has 0 saturated heterocycles. The number of phenolic OH excluding ortho intramolecular Hbond substituents is 1. The number of hydrogen-bond donors (Lipinski definition) is 2. The Morgan fingerprint density at radius 1 is 1.25 bits per heavy atom. The van der Waals surface area contributed by atoms with Gasteiger partial charge in [-0.2, -0.15) is 0 Å². The van der Waals surface area contributed by atoms with Crippen molar-refractivity contribution in [1.29, 1.82) is 0 Å². The van der Waals surface area contributed by atoms with Crippen molar-refractivity contribution in [3.05, 3.63) is 72.3 Å². The standard InChI is InChI=1S/C18H14O6/c1-2-15(20)24-18(22)16(21)13-10-12(19)8-9-14(13)23-17(18)11-6-4-3-5-7-11/h2-10,17,19,22H,1H2. The number of ketones is 1. The Morgan fingerprint density at radius 2 is 1.96 bits per heavy atom. The van der Waals surface area contributed by atoms with Crippen LogP contribution in [0, 0.1) is 0 Å². The molecule has 3 rings (SSSR count). The number of benzene rings is 2. The van der Waals surface area contributed by atoms with Crippen LogP contribution >= 0.6 is 0 Å². The van der Waals surface area contributed by atoms with E-state index in [-0.39, 0.29) is 17.1 Å². The molecule has 2 N–H and O–H groups in total. The summed E-state index contributed by atoms with van der Waals surface area (Å²) in [6.45, 7) is 3.26. The van der Waals surface area contributed by atoms with E-state index >= 15 is 0 Å². The van der Waals surface area contributed by atoms with Gasteiger partial charge in [-0.1, -0.05) is 36.9 Å². The lowest BCUT2D eigenvalue weighted by molar-refractivity contribution is -0.216. The smallest absolute Gasteiger partial charge is 0.333 e. The molecule has 1 aliphatic rings. The third-order valence-corrected chi connectivity index (χ3v) is 3.66. The molecular weight excluding hydrogens is 312 g/mol. The van der Waals surface area contributed by atoms with Crippen LogP contribution < -0.4 is 4.74 Å². The molecule has 0 bridgehead atoms. The Morgan fingerprint density at radius 3 is 2.62 bits per heavy atom. The topological polar surface area (TPSA) is 93.1 Å². The monoisotopic (exact) mass is 326 g/mol. The summed E-state index contributed by atoms with van der Waals surface area (Å²) in [5.74, 6) is -4.44. The number of carbonyl (C=O) groups excluding carboxylic acids is 2. The minimum atomic E-state index is -2.58. The Kier molecular flexibility index (Phi) is 3.83. The van der Waals surface area contributed by atoms with Crippen LogP contribution in [0.4, 0.5) is 0 Å². The molecular formula is C18H14O6. The molecule has 1 aliphatic heterocycles. The summed E-state index contributed by atoms with van der Waals surface area (Å²) in [4.78, 5) is 24.4. The summed E-state index contributed by atoms with van der Waals surface area (Å²) in [6.07, 6.45) is -0.419. The Bertz CT molecular complexity index is 814. The molecule has 2 aromatic rings. The maximum atomic E-state index is 12.8. The molecule has 24 heavy (non-hydrogen) atoms. The zero-order chi connectivity index (χ0) is 17.3. The summed E-state index contributed by atoms with van der Waals surface area (Å²) >= 11 is 0. The van der Waals surface area contributed by atoms with Gasteiger partial charge in [-0.25, -0.2) is 4.79 Å². The van der Waals surface area contributed by atoms with E-state index in [2.05, 4.69) is 6.58 Å². The zero-order valence-corrected chi connectivity index (χ0v) is 12.5. The fraction of sp³-hybridized carbons (Fsp3) is 0.111. The molecule has 2 unspecified atom stereocenters. The van der Waals surface area contributed by atoms with Gasteiger partial charge in [-0.05, 0) is 23.8 Å². The van der Waals surface area contributed by atoms with Crippen molar-refractivity contribution < 1.29 is 29.3 Å². The zero-order valence-electron chi connectivity index (χ0n) is 12.5. The number of esters is 1.